The molecule has 4 aromatic rings. The van der Waals surface area contributed by atoms with E-state index in [9.17, 15) is 0 Å². The van der Waals surface area contributed by atoms with Crippen LogP contribution in [0, 0.1) is 0 Å². The van der Waals surface area contributed by atoms with Gasteiger partial charge in [0.05, 0.1) is 16.6 Å². The Kier molecular flexibility index (Phi) is 2.26. The molecular weight excluding hydrogens is 252 g/mol. The number of H-pyrrole nitrogens is 1. The summed E-state index contributed by atoms with van der Waals surface area (Å²) >= 11 is 0. The maximum atomic E-state index is 5.44. The van der Waals surface area contributed by atoms with Crippen LogP contribution in [0.25, 0.3) is 33.7 Å². The minimum Gasteiger partial charge on any atom is -0.415 e. The van der Waals surface area contributed by atoms with Gasteiger partial charge in [0.1, 0.15) is 12.6 Å². The molecule has 2 heterocycles. The Morgan fingerprint density at radius 2 is 1.70 bits per heavy atom. The van der Waals surface area contributed by atoms with Gasteiger partial charge in [0.25, 0.3) is 0 Å². The molecular formula is C15H12N4O. The van der Waals surface area contributed by atoms with Gasteiger partial charge >= 0.3 is 0 Å². The zero-order valence-electron chi connectivity index (χ0n) is 10.9. The van der Waals surface area contributed by atoms with E-state index in [1.54, 1.807) is 11.8 Å². The quantitative estimate of drug-likeness (QED) is 0.605. The Hall–Kier alpha value is -2.82. The molecule has 0 aliphatic carbocycles. The lowest BCUT2D eigenvalue weighted by Gasteiger charge is -2.03. The van der Waals surface area contributed by atoms with Crippen LogP contribution in [0.5, 0.6) is 0 Å². The summed E-state index contributed by atoms with van der Waals surface area (Å²) in [5, 5.41) is 0. The van der Waals surface area contributed by atoms with Crippen molar-refractivity contribution in [2.75, 3.05) is 7.11 Å². The normalized spacial score (nSPS) is 11.2. The molecule has 2 aromatic heterocycles. The number of aromatic nitrogens is 4. The zero-order valence-corrected chi connectivity index (χ0v) is 10.9. The first-order valence-electron chi connectivity index (χ1n) is 6.34. The van der Waals surface area contributed by atoms with E-state index in [0.717, 1.165) is 22.1 Å². The van der Waals surface area contributed by atoms with E-state index in [-0.39, 0.29) is 0 Å². The number of fused-ring (bicyclic) bond motifs is 2. The van der Waals surface area contributed by atoms with E-state index in [4.69, 9.17) is 4.84 Å². The minimum absolute atomic E-state index is 0.671. The number of imidazole rings is 2. The number of rotatable bonds is 2. The van der Waals surface area contributed by atoms with Crippen molar-refractivity contribution >= 4 is 22.1 Å². The highest BCUT2D eigenvalue weighted by Crippen LogP contribution is 2.23. The summed E-state index contributed by atoms with van der Waals surface area (Å²) in [5.74, 6) is 1.37. The number of hydrogen-bond donors (Lipinski definition) is 1. The molecule has 5 nitrogen and oxygen atoms in total. The Bertz CT molecular complexity index is 873. The topological polar surface area (TPSA) is 55.7 Å². The molecule has 0 spiro atoms. The fourth-order valence-electron chi connectivity index (χ4n) is 2.40. The monoisotopic (exact) mass is 264 g/mol. The van der Waals surface area contributed by atoms with Crippen LogP contribution < -0.4 is 4.84 Å². The van der Waals surface area contributed by atoms with E-state index in [1.807, 2.05) is 48.5 Å². The third-order valence-electron chi connectivity index (χ3n) is 3.30. The molecule has 0 saturated heterocycles. The standard InChI is InChI=1S/C15H12N4O/c1-20-19-13-9-5-4-8-12(13)18-15(19)14-16-10-6-2-3-7-11(10)17-14/h2-9H,1H3,(H,16,17). The molecule has 4 rings (SSSR count). The number of benzene rings is 2. The van der Waals surface area contributed by atoms with Gasteiger partial charge in [0.15, 0.2) is 5.82 Å². The second-order valence-electron chi connectivity index (χ2n) is 4.50. The van der Waals surface area contributed by atoms with Crippen LogP contribution in [-0.2, 0) is 0 Å². The zero-order chi connectivity index (χ0) is 13.5. The van der Waals surface area contributed by atoms with Gasteiger partial charge in [0, 0.05) is 0 Å². The maximum Gasteiger partial charge on any atom is 0.212 e. The van der Waals surface area contributed by atoms with Crippen molar-refractivity contribution in [3.05, 3.63) is 48.5 Å². The van der Waals surface area contributed by atoms with E-state index >= 15 is 0 Å². The van der Waals surface area contributed by atoms with Gasteiger partial charge < -0.3 is 9.82 Å². The van der Waals surface area contributed by atoms with Crippen LogP contribution in [0.1, 0.15) is 0 Å². The molecule has 98 valence electrons. The lowest BCUT2D eigenvalue weighted by molar-refractivity contribution is 0.181. The van der Waals surface area contributed by atoms with Crippen molar-refractivity contribution < 1.29 is 4.84 Å². The molecule has 0 amide bonds. The highest BCUT2D eigenvalue weighted by Gasteiger charge is 2.15. The number of nitrogens with zero attached hydrogens (tertiary/aromatic N) is 3. The molecule has 0 saturated carbocycles. The fourth-order valence-corrected chi connectivity index (χ4v) is 2.40. The SMILES string of the molecule is COn1c(-c2nc3ccccc3[nH]2)nc2ccccc21. The molecule has 0 unspecified atom stereocenters. The molecule has 1 N–H and O–H groups in total. The summed E-state index contributed by atoms with van der Waals surface area (Å²) in [6, 6.07) is 15.7. The van der Waals surface area contributed by atoms with E-state index in [1.165, 1.54) is 0 Å². The van der Waals surface area contributed by atoms with Crippen molar-refractivity contribution in [2.24, 2.45) is 0 Å². The molecule has 0 aliphatic heterocycles. The summed E-state index contributed by atoms with van der Waals surface area (Å²) in [6.45, 7) is 0. The molecule has 0 radical (unpaired) electrons. The number of nitrogens with one attached hydrogen (secondary N) is 1. The van der Waals surface area contributed by atoms with Gasteiger partial charge in [0.2, 0.25) is 5.82 Å². The van der Waals surface area contributed by atoms with Gasteiger partial charge in [-0.3, -0.25) is 0 Å². The first-order valence-corrected chi connectivity index (χ1v) is 6.34. The molecule has 0 atom stereocenters. The largest absolute Gasteiger partial charge is 0.415 e. The first kappa shape index (κ1) is 11.0. The third kappa shape index (κ3) is 1.50. The summed E-state index contributed by atoms with van der Waals surface area (Å²) in [5.41, 5.74) is 3.70. The molecule has 0 bridgehead atoms. The molecule has 0 aliphatic rings. The van der Waals surface area contributed by atoms with Gasteiger partial charge in [-0.15, -0.1) is 0 Å². The minimum atomic E-state index is 0.671. The van der Waals surface area contributed by atoms with E-state index in [2.05, 4.69) is 15.0 Å². The molecule has 0 fully saturated rings. The molecule has 2 aromatic carbocycles. The number of aromatic amines is 1. The smallest absolute Gasteiger partial charge is 0.212 e. The van der Waals surface area contributed by atoms with Crippen LogP contribution in [0.3, 0.4) is 0 Å². The number of para-hydroxylation sites is 4. The van der Waals surface area contributed by atoms with Crippen LogP contribution in [-0.4, -0.2) is 26.8 Å². The van der Waals surface area contributed by atoms with Crippen molar-refractivity contribution in [1.29, 1.82) is 0 Å². The van der Waals surface area contributed by atoms with Crippen LogP contribution in [0.4, 0.5) is 0 Å². The lowest BCUT2D eigenvalue weighted by Crippen LogP contribution is -2.07. The predicted octanol–water partition coefficient (Wildman–Crippen LogP) is 2.64. The Morgan fingerprint density at radius 3 is 2.50 bits per heavy atom. The third-order valence-corrected chi connectivity index (χ3v) is 3.30. The van der Waals surface area contributed by atoms with Crippen molar-refractivity contribution in [3.8, 4) is 11.6 Å². The Balaban J connectivity index is 2.01. The second kappa shape index (κ2) is 4.09. The first-order chi connectivity index (χ1) is 9.86. The molecule has 5 heteroatoms. The summed E-state index contributed by atoms with van der Waals surface area (Å²) in [6.07, 6.45) is 0. The Morgan fingerprint density at radius 1 is 0.950 bits per heavy atom. The Labute approximate surface area is 114 Å². The van der Waals surface area contributed by atoms with E-state index < -0.39 is 0 Å². The second-order valence-corrected chi connectivity index (χ2v) is 4.50. The molecule has 20 heavy (non-hydrogen) atoms. The van der Waals surface area contributed by atoms with Gasteiger partial charge in [-0.05, 0) is 24.3 Å². The van der Waals surface area contributed by atoms with Crippen LogP contribution >= 0.6 is 0 Å². The average molecular weight is 264 g/mol. The van der Waals surface area contributed by atoms with Crippen molar-refractivity contribution in [2.45, 2.75) is 0 Å². The maximum absolute atomic E-state index is 5.44. The fraction of sp³-hybridized carbons (Fsp3) is 0.0667. The van der Waals surface area contributed by atoms with Gasteiger partial charge in [-0.25, -0.2) is 9.97 Å². The van der Waals surface area contributed by atoms with Gasteiger partial charge in [-0.2, -0.15) is 4.73 Å². The van der Waals surface area contributed by atoms with Gasteiger partial charge in [-0.1, -0.05) is 24.3 Å². The van der Waals surface area contributed by atoms with E-state index in [0.29, 0.717) is 11.6 Å². The average Bonchev–Trinajstić information content (AvgIpc) is 3.07. The highest BCUT2D eigenvalue weighted by molar-refractivity contribution is 5.82. The van der Waals surface area contributed by atoms with Crippen LogP contribution in [0.2, 0.25) is 0 Å². The predicted molar refractivity (Wildman–Crippen MR) is 77.3 cm³/mol. The highest BCUT2D eigenvalue weighted by atomic mass is 16.6. The number of hydrogen-bond acceptors (Lipinski definition) is 3. The summed E-state index contributed by atoms with van der Waals surface area (Å²) < 4.78 is 1.69. The summed E-state index contributed by atoms with van der Waals surface area (Å²) in [7, 11) is 1.63. The summed E-state index contributed by atoms with van der Waals surface area (Å²) in [4.78, 5) is 17.9. The lowest BCUT2D eigenvalue weighted by atomic mass is 10.3. The van der Waals surface area contributed by atoms with Crippen molar-refractivity contribution in [3.63, 3.8) is 0 Å². The van der Waals surface area contributed by atoms with Crippen molar-refractivity contribution in [1.82, 2.24) is 19.7 Å². The van der Waals surface area contributed by atoms with Crippen LogP contribution in [0.15, 0.2) is 48.5 Å².